The Morgan fingerprint density at radius 1 is 0.962 bits per heavy atom. The molecular formula is C19H40Cl2N2O3. The number of ether oxygens (including phenoxy) is 1. The number of halogens is 2. The van der Waals surface area contributed by atoms with Gasteiger partial charge in [-0.3, -0.25) is 9.80 Å². The molecule has 7 heteroatoms. The summed E-state index contributed by atoms with van der Waals surface area (Å²) in [6.45, 7) is 13.0. The lowest BCUT2D eigenvalue weighted by atomic mass is 9.72. The van der Waals surface area contributed by atoms with Gasteiger partial charge < -0.3 is 14.9 Å². The van der Waals surface area contributed by atoms with Crippen LogP contribution in [-0.4, -0.2) is 84.7 Å². The number of β-amino-alcohol motifs (C(OH)–C–C–N with tert-alkyl or cyclic N) is 2. The van der Waals surface area contributed by atoms with Gasteiger partial charge in [-0.05, 0) is 37.0 Å². The van der Waals surface area contributed by atoms with Crippen molar-refractivity contribution in [2.45, 2.75) is 58.7 Å². The fourth-order valence-corrected chi connectivity index (χ4v) is 4.03. The number of hydrogen-bond acceptors (Lipinski definition) is 5. The molecule has 0 bridgehead atoms. The first-order valence-electron chi connectivity index (χ1n) is 9.73. The number of piperazine rings is 1. The molecule has 0 aromatic heterocycles. The van der Waals surface area contributed by atoms with E-state index in [4.69, 9.17) is 9.84 Å². The quantitative estimate of drug-likeness (QED) is 0.669. The van der Waals surface area contributed by atoms with Crippen LogP contribution in [0.5, 0.6) is 0 Å². The lowest BCUT2D eigenvalue weighted by Crippen LogP contribution is -2.49. The zero-order valence-electron chi connectivity index (χ0n) is 16.7. The summed E-state index contributed by atoms with van der Waals surface area (Å²) in [4.78, 5) is 4.57. The zero-order valence-corrected chi connectivity index (χ0v) is 18.4. The third-order valence-corrected chi connectivity index (χ3v) is 5.77. The predicted molar refractivity (Wildman–Crippen MR) is 112 cm³/mol. The molecule has 1 aliphatic heterocycles. The van der Waals surface area contributed by atoms with Crippen LogP contribution in [0.1, 0.15) is 46.5 Å². The van der Waals surface area contributed by atoms with Crippen LogP contribution < -0.4 is 0 Å². The molecule has 158 valence electrons. The smallest absolute Gasteiger partial charge is 0.0900 e. The van der Waals surface area contributed by atoms with Crippen molar-refractivity contribution in [3.05, 3.63) is 0 Å². The first-order chi connectivity index (χ1) is 11.4. The Bertz CT molecular complexity index is 353. The van der Waals surface area contributed by atoms with Gasteiger partial charge in [-0.1, -0.05) is 20.8 Å². The highest BCUT2D eigenvalue weighted by atomic mass is 35.5. The van der Waals surface area contributed by atoms with E-state index in [1.807, 2.05) is 0 Å². The summed E-state index contributed by atoms with van der Waals surface area (Å²) < 4.78 is 5.99. The topological polar surface area (TPSA) is 56.2 Å². The van der Waals surface area contributed by atoms with Crippen molar-refractivity contribution in [1.29, 1.82) is 0 Å². The van der Waals surface area contributed by atoms with Crippen LogP contribution in [0.3, 0.4) is 0 Å². The van der Waals surface area contributed by atoms with Crippen LogP contribution in [0.4, 0.5) is 0 Å². The molecule has 0 amide bonds. The summed E-state index contributed by atoms with van der Waals surface area (Å²) in [5.74, 6) is 0.803. The van der Waals surface area contributed by atoms with E-state index in [-0.39, 0.29) is 31.4 Å². The average molecular weight is 415 g/mol. The van der Waals surface area contributed by atoms with E-state index < -0.39 is 6.10 Å². The number of nitrogens with zero attached hydrogens (tertiary/aromatic N) is 2. The fourth-order valence-electron chi connectivity index (χ4n) is 4.03. The molecule has 1 atom stereocenters. The highest BCUT2D eigenvalue weighted by molar-refractivity contribution is 5.85. The summed E-state index contributed by atoms with van der Waals surface area (Å²) in [5, 5.41) is 19.2. The molecule has 2 rings (SSSR count). The van der Waals surface area contributed by atoms with Gasteiger partial charge in [0.15, 0.2) is 0 Å². The van der Waals surface area contributed by atoms with Crippen molar-refractivity contribution < 1.29 is 14.9 Å². The van der Waals surface area contributed by atoms with Gasteiger partial charge in [0.05, 0.1) is 25.4 Å². The second-order valence-electron chi connectivity index (χ2n) is 8.69. The van der Waals surface area contributed by atoms with E-state index in [0.717, 1.165) is 51.5 Å². The van der Waals surface area contributed by atoms with Gasteiger partial charge in [-0.25, -0.2) is 0 Å². The van der Waals surface area contributed by atoms with Crippen molar-refractivity contribution in [3.63, 3.8) is 0 Å². The number of aliphatic hydroxyl groups excluding tert-OH is 2. The molecule has 0 radical (unpaired) electrons. The summed E-state index contributed by atoms with van der Waals surface area (Å²) in [6, 6.07) is 0. The van der Waals surface area contributed by atoms with Crippen LogP contribution in [0, 0.1) is 11.3 Å². The van der Waals surface area contributed by atoms with Gasteiger partial charge in [-0.2, -0.15) is 0 Å². The van der Waals surface area contributed by atoms with E-state index in [1.165, 1.54) is 12.8 Å². The minimum absolute atomic E-state index is 0. The summed E-state index contributed by atoms with van der Waals surface area (Å²) in [6.07, 6.45) is 4.70. The van der Waals surface area contributed by atoms with Gasteiger partial charge in [0.1, 0.15) is 0 Å². The normalized spacial score (nSPS) is 26.7. The Balaban J connectivity index is 0.00000312. The number of aliphatic hydroxyl groups is 2. The maximum atomic E-state index is 10.3. The SMILES string of the molecule is CC(C)(C)C1CCC(OCC(O)CN2CCN(CCO)CC2)CC1.Cl.Cl. The van der Waals surface area contributed by atoms with Crippen molar-refractivity contribution >= 4 is 24.8 Å². The number of rotatable bonds is 7. The number of hydrogen-bond donors (Lipinski definition) is 2. The van der Waals surface area contributed by atoms with Gasteiger partial charge in [-0.15, -0.1) is 24.8 Å². The Hall–Kier alpha value is 0.380. The van der Waals surface area contributed by atoms with Crippen LogP contribution >= 0.6 is 24.8 Å². The molecule has 1 aliphatic carbocycles. The molecular weight excluding hydrogens is 375 g/mol. The van der Waals surface area contributed by atoms with Crippen LogP contribution in [0.25, 0.3) is 0 Å². The van der Waals surface area contributed by atoms with E-state index >= 15 is 0 Å². The molecule has 0 spiro atoms. The molecule has 2 N–H and O–H groups in total. The van der Waals surface area contributed by atoms with Crippen LogP contribution in [0.2, 0.25) is 0 Å². The molecule has 1 saturated carbocycles. The Morgan fingerprint density at radius 3 is 2.00 bits per heavy atom. The molecule has 5 nitrogen and oxygen atoms in total. The van der Waals surface area contributed by atoms with Crippen LogP contribution in [-0.2, 0) is 4.74 Å². The van der Waals surface area contributed by atoms with E-state index in [2.05, 4.69) is 30.6 Å². The lowest BCUT2D eigenvalue weighted by Gasteiger charge is -2.37. The summed E-state index contributed by atoms with van der Waals surface area (Å²) >= 11 is 0. The van der Waals surface area contributed by atoms with Gasteiger partial charge >= 0.3 is 0 Å². The predicted octanol–water partition coefficient (Wildman–Crippen LogP) is 2.42. The van der Waals surface area contributed by atoms with Gasteiger partial charge in [0, 0.05) is 39.3 Å². The third-order valence-electron chi connectivity index (χ3n) is 5.77. The van der Waals surface area contributed by atoms with Crippen LogP contribution in [0.15, 0.2) is 0 Å². The zero-order chi connectivity index (χ0) is 17.6. The molecule has 1 saturated heterocycles. The fraction of sp³-hybridized carbons (Fsp3) is 1.00. The second kappa shape index (κ2) is 12.8. The molecule has 2 aliphatic rings. The highest BCUT2D eigenvalue weighted by Gasteiger charge is 2.30. The lowest BCUT2D eigenvalue weighted by molar-refractivity contribution is -0.0473. The Kier molecular flexibility index (Phi) is 12.9. The van der Waals surface area contributed by atoms with Gasteiger partial charge in [0.2, 0.25) is 0 Å². The molecule has 1 unspecified atom stereocenters. The maximum absolute atomic E-state index is 10.3. The average Bonchev–Trinajstić information content (AvgIpc) is 2.55. The van der Waals surface area contributed by atoms with E-state index in [9.17, 15) is 5.11 Å². The Morgan fingerprint density at radius 2 is 1.50 bits per heavy atom. The first kappa shape index (κ1) is 26.4. The summed E-state index contributed by atoms with van der Waals surface area (Å²) in [7, 11) is 0. The standard InChI is InChI=1S/C19H38N2O3.2ClH/c1-19(2,3)16-4-6-18(7-5-16)24-15-17(23)14-21-10-8-20(9-11-21)12-13-22;;/h16-18,22-23H,4-15H2,1-3H3;2*1H. The first-order valence-corrected chi connectivity index (χ1v) is 9.73. The molecule has 26 heavy (non-hydrogen) atoms. The highest BCUT2D eigenvalue weighted by Crippen LogP contribution is 2.38. The monoisotopic (exact) mass is 414 g/mol. The second-order valence-corrected chi connectivity index (χ2v) is 8.69. The summed E-state index contributed by atoms with van der Waals surface area (Å²) in [5.41, 5.74) is 0.405. The Labute approximate surface area is 172 Å². The van der Waals surface area contributed by atoms with E-state index in [0.29, 0.717) is 24.7 Å². The van der Waals surface area contributed by atoms with Crippen molar-refractivity contribution in [3.8, 4) is 0 Å². The largest absolute Gasteiger partial charge is 0.395 e. The third kappa shape index (κ3) is 9.05. The minimum Gasteiger partial charge on any atom is -0.395 e. The minimum atomic E-state index is -0.394. The van der Waals surface area contributed by atoms with Crippen molar-refractivity contribution in [2.24, 2.45) is 11.3 Å². The van der Waals surface area contributed by atoms with Crippen molar-refractivity contribution in [1.82, 2.24) is 9.80 Å². The van der Waals surface area contributed by atoms with Gasteiger partial charge in [0.25, 0.3) is 0 Å². The van der Waals surface area contributed by atoms with E-state index in [1.54, 1.807) is 0 Å². The molecule has 1 heterocycles. The maximum Gasteiger partial charge on any atom is 0.0900 e. The molecule has 0 aromatic carbocycles. The van der Waals surface area contributed by atoms with Crippen molar-refractivity contribution in [2.75, 3.05) is 52.5 Å². The molecule has 0 aromatic rings. The molecule has 2 fully saturated rings.